The van der Waals surface area contributed by atoms with Gasteiger partial charge in [0.1, 0.15) is 0 Å². The average molecular weight is 321 g/mol. The van der Waals surface area contributed by atoms with Crippen LogP contribution in [0.3, 0.4) is 0 Å². The lowest BCUT2D eigenvalue weighted by Gasteiger charge is -2.30. The van der Waals surface area contributed by atoms with E-state index >= 15 is 0 Å². The van der Waals surface area contributed by atoms with Crippen LogP contribution in [0, 0.1) is 11.8 Å². The van der Waals surface area contributed by atoms with Gasteiger partial charge in [-0.2, -0.15) is 13.2 Å². The number of hydrogen-bond donors (Lipinski definition) is 1. The van der Waals surface area contributed by atoms with Crippen LogP contribution in [0.4, 0.5) is 13.2 Å². The maximum absolute atomic E-state index is 12.9. The van der Waals surface area contributed by atoms with Crippen molar-refractivity contribution >= 4 is 10.0 Å². The molecule has 0 saturated carbocycles. The van der Waals surface area contributed by atoms with Gasteiger partial charge < -0.3 is 0 Å². The van der Waals surface area contributed by atoms with Gasteiger partial charge in [-0.1, -0.05) is 12.2 Å². The molecule has 0 saturated heterocycles. The van der Waals surface area contributed by atoms with Gasteiger partial charge in [-0.05, 0) is 18.8 Å². The Morgan fingerprint density at radius 3 is 2.57 bits per heavy atom. The molecule has 1 aromatic rings. The molecule has 2 atom stereocenters. The minimum atomic E-state index is -4.34. The van der Waals surface area contributed by atoms with E-state index in [-0.39, 0.29) is 24.4 Å². The molecule has 21 heavy (non-hydrogen) atoms. The summed E-state index contributed by atoms with van der Waals surface area (Å²) in [5, 5.41) is -0.306. The lowest BCUT2D eigenvalue weighted by atomic mass is 9.82. The van der Waals surface area contributed by atoms with Gasteiger partial charge in [-0.15, -0.1) is 0 Å². The first-order valence-electron chi connectivity index (χ1n) is 6.28. The van der Waals surface area contributed by atoms with E-state index in [1.165, 1.54) is 18.5 Å². The molecule has 0 bridgehead atoms. The number of alkyl halides is 3. The van der Waals surface area contributed by atoms with Crippen molar-refractivity contribution in [1.82, 2.24) is 14.7 Å². The molecule has 1 aliphatic rings. The van der Waals surface area contributed by atoms with Gasteiger partial charge in [0.05, 0.1) is 12.1 Å². The SMILES string of the molecule is O=S(=O)(NC[C@@H]1CC=CC[C@H]1C(F)(F)F)c1cnccn1. The van der Waals surface area contributed by atoms with Crippen LogP contribution in [-0.4, -0.2) is 31.1 Å². The van der Waals surface area contributed by atoms with Gasteiger partial charge >= 0.3 is 6.18 Å². The fourth-order valence-corrected chi connectivity index (χ4v) is 3.19. The van der Waals surface area contributed by atoms with Gasteiger partial charge in [0.15, 0.2) is 5.03 Å². The normalized spacial score (nSPS) is 23.2. The van der Waals surface area contributed by atoms with Crippen LogP contribution < -0.4 is 4.72 Å². The van der Waals surface area contributed by atoms with Crippen LogP contribution in [-0.2, 0) is 10.0 Å². The second-order valence-electron chi connectivity index (χ2n) is 4.75. The maximum Gasteiger partial charge on any atom is 0.392 e. The van der Waals surface area contributed by atoms with Crippen molar-refractivity contribution in [2.75, 3.05) is 6.54 Å². The van der Waals surface area contributed by atoms with Crippen LogP contribution in [0.2, 0.25) is 0 Å². The Bertz CT molecular complexity index is 602. The highest BCUT2D eigenvalue weighted by atomic mass is 32.2. The molecule has 2 rings (SSSR count). The number of nitrogens with one attached hydrogen (secondary N) is 1. The van der Waals surface area contributed by atoms with Crippen molar-refractivity contribution in [2.45, 2.75) is 24.0 Å². The Hall–Kier alpha value is -1.48. The van der Waals surface area contributed by atoms with Crippen LogP contribution >= 0.6 is 0 Å². The summed E-state index contributed by atoms with van der Waals surface area (Å²) in [5.41, 5.74) is 0. The number of halogens is 3. The molecule has 0 aliphatic heterocycles. The first kappa shape index (κ1) is 15.9. The molecule has 116 valence electrons. The van der Waals surface area contributed by atoms with E-state index in [2.05, 4.69) is 14.7 Å². The summed E-state index contributed by atoms with van der Waals surface area (Å²) in [6.07, 6.45) is 2.41. The zero-order chi connectivity index (χ0) is 15.5. The molecule has 9 heteroatoms. The highest BCUT2D eigenvalue weighted by molar-refractivity contribution is 7.89. The van der Waals surface area contributed by atoms with Crippen LogP contribution in [0.1, 0.15) is 12.8 Å². The van der Waals surface area contributed by atoms with Gasteiger partial charge in [0.25, 0.3) is 10.0 Å². The molecule has 0 aromatic carbocycles. The van der Waals surface area contributed by atoms with Crippen molar-refractivity contribution in [3.63, 3.8) is 0 Å². The third kappa shape index (κ3) is 4.01. The molecule has 1 heterocycles. The second-order valence-corrected chi connectivity index (χ2v) is 6.46. The summed E-state index contributed by atoms with van der Waals surface area (Å²) in [6.45, 7) is -0.284. The van der Waals surface area contributed by atoms with E-state index in [0.29, 0.717) is 0 Å². The number of aromatic nitrogens is 2. The Morgan fingerprint density at radius 1 is 1.24 bits per heavy atom. The molecule has 1 N–H and O–H groups in total. The molecular formula is C12H14F3N3O2S. The Balaban J connectivity index is 2.06. The van der Waals surface area contributed by atoms with E-state index in [1.54, 1.807) is 6.08 Å². The summed E-state index contributed by atoms with van der Waals surface area (Å²) in [7, 11) is -3.94. The van der Waals surface area contributed by atoms with Gasteiger partial charge in [-0.3, -0.25) is 4.98 Å². The average Bonchev–Trinajstić information content (AvgIpc) is 2.45. The van der Waals surface area contributed by atoms with E-state index in [9.17, 15) is 21.6 Å². The largest absolute Gasteiger partial charge is 0.392 e. The lowest BCUT2D eigenvalue weighted by molar-refractivity contribution is -0.188. The van der Waals surface area contributed by atoms with Crippen LogP contribution in [0.15, 0.2) is 35.8 Å². The first-order chi connectivity index (χ1) is 9.81. The molecule has 1 aliphatic carbocycles. The number of sulfonamides is 1. The summed E-state index contributed by atoms with van der Waals surface area (Å²) in [4.78, 5) is 7.26. The third-order valence-electron chi connectivity index (χ3n) is 3.34. The van der Waals surface area contributed by atoms with E-state index in [1.807, 2.05) is 0 Å². The zero-order valence-corrected chi connectivity index (χ0v) is 11.7. The predicted octanol–water partition coefficient (Wildman–Crippen LogP) is 1.90. The monoisotopic (exact) mass is 321 g/mol. The number of allylic oxidation sites excluding steroid dienone is 2. The van der Waals surface area contributed by atoms with Gasteiger partial charge in [-0.25, -0.2) is 18.1 Å². The summed E-state index contributed by atoms with van der Waals surface area (Å²) < 4.78 is 64.7. The van der Waals surface area contributed by atoms with Gasteiger partial charge in [0, 0.05) is 18.9 Å². The Kier molecular flexibility index (Phi) is 4.62. The minimum Gasteiger partial charge on any atom is -0.260 e. The molecule has 0 unspecified atom stereocenters. The molecule has 0 amide bonds. The lowest BCUT2D eigenvalue weighted by Crippen LogP contribution is -2.39. The Morgan fingerprint density at radius 2 is 1.95 bits per heavy atom. The summed E-state index contributed by atoms with van der Waals surface area (Å²) in [5.74, 6) is -2.35. The molecule has 0 fully saturated rings. The quantitative estimate of drug-likeness (QED) is 0.860. The number of hydrogen-bond acceptors (Lipinski definition) is 4. The van der Waals surface area contributed by atoms with Gasteiger partial charge in [0.2, 0.25) is 0 Å². The van der Waals surface area contributed by atoms with Crippen LogP contribution in [0.5, 0.6) is 0 Å². The first-order valence-corrected chi connectivity index (χ1v) is 7.76. The minimum absolute atomic E-state index is 0.124. The van der Waals surface area contributed by atoms with E-state index < -0.39 is 28.0 Å². The Labute approximate surface area is 120 Å². The molecular weight excluding hydrogens is 307 g/mol. The van der Waals surface area contributed by atoms with Crippen molar-refractivity contribution in [3.8, 4) is 0 Å². The predicted molar refractivity (Wildman–Crippen MR) is 68.6 cm³/mol. The second kappa shape index (κ2) is 6.10. The molecule has 5 nitrogen and oxygen atoms in total. The standard InChI is InChI=1S/C12H14F3N3O2S/c13-12(14,15)10-4-2-1-3-9(10)7-18-21(19,20)11-8-16-5-6-17-11/h1-2,5-6,8-10,18H,3-4,7H2/t9-,10+/m0/s1. The van der Waals surface area contributed by atoms with Crippen molar-refractivity contribution in [1.29, 1.82) is 0 Å². The molecule has 1 aromatic heterocycles. The van der Waals surface area contributed by atoms with Crippen molar-refractivity contribution in [3.05, 3.63) is 30.7 Å². The van der Waals surface area contributed by atoms with Crippen LogP contribution in [0.25, 0.3) is 0 Å². The third-order valence-corrected chi connectivity index (χ3v) is 4.64. The van der Waals surface area contributed by atoms with Crippen molar-refractivity contribution < 1.29 is 21.6 Å². The number of rotatable bonds is 4. The maximum atomic E-state index is 12.9. The smallest absolute Gasteiger partial charge is 0.260 e. The topological polar surface area (TPSA) is 72.0 Å². The molecule has 0 spiro atoms. The highest BCUT2D eigenvalue weighted by Crippen LogP contribution is 2.38. The van der Waals surface area contributed by atoms with E-state index in [0.717, 1.165) is 6.20 Å². The fraction of sp³-hybridized carbons (Fsp3) is 0.500. The summed E-state index contributed by atoms with van der Waals surface area (Å²) in [6, 6.07) is 0. The highest BCUT2D eigenvalue weighted by Gasteiger charge is 2.44. The van der Waals surface area contributed by atoms with Crippen molar-refractivity contribution in [2.24, 2.45) is 11.8 Å². The van der Waals surface area contributed by atoms with E-state index in [4.69, 9.17) is 0 Å². The summed E-state index contributed by atoms with van der Waals surface area (Å²) >= 11 is 0. The zero-order valence-electron chi connectivity index (χ0n) is 10.9. The fourth-order valence-electron chi connectivity index (χ4n) is 2.21. The number of nitrogens with zero attached hydrogens (tertiary/aromatic N) is 2. The molecule has 0 radical (unpaired) electrons.